The normalized spacial score (nSPS) is 12.8. The van der Waals surface area contributed by atoms with E-state index in [0.717, 1.165) is 12.8 Å². The van der Waals surface area contributed by atoms with Crippen LogP contribution in [0.3, 0.4) is 0 Å². The number of esters is 2. The molecular weight excluding hydrogens is 328 g/mol. The second-order valence-electron chi connectivity index (χ2n) is 6.56. The van der Waals surface area contributed by atoms with E-state index in [1.54, 1.807) is 24.3 Å². The molecule has 2 aromatic rings. The van der Waals surface area contributed by atoms with Crippen molar-refractivity contribution in [2.45, 2.75) is 26.7 Å². The van der Waals surface area contributed by atoms with Gasteiger partial charge in [0.2, 0.25) is 0 Å². The van der Waals surface area contributed by atoms with Gasteiger partial charge in [-0.2, -0.15) is 0 Å². The zero-order valence-electron chi connectivity index (χ0n) is 15.4. The highest BCUT2D eigenvalue weighted by Crippen LogP contribution is 2.18. The van der Waals surface area contributed by atoms with Crippen molar-refractivity contribution in [1.29, 1.82) is 0 Å². The average Bonchev–Trinajstić information content (AvgIpc) is 2.70. The Morgan fingerprint density at radius 2 is 1.27 bits per heavy atom. The van der Waals surface area contributed by atoms with Crippen molar-refractivity contribution in [2.75, 3.05) is 13.2 Å². The minimum absolute atomic E-state index is 0.243. The van der Waals surface area contributed by atoms with Crippen molar-refractivity contribution >= 4 is 11.9 Å². The maximum Gasteiger partial charge on any atom is 0.338 e. The first-order chi connectivity index (χ1) is 12.6. The number of benzene rings is 2. The van der Waals surface area contributed by atoms with Gasteiger partial charge in [0.05, 0.1) is 24.3 Å². The molecule has 2 atom stereocenters. The van der Waals surface area contributed by atoms with Crippen molar-refractivity contribution < 1.29 is 19.1 Å². The molecule has 0 fully saturated rings. The van der Waals surface area contributed by atoms with Crippen LogP contribution in [0.15, 0.2) is 60.7 Å². The molecule has 2 aromatic carbocycles. The third-order valence-electron chi connectivity index (χ3n) is 4.50. The first-order valence-electron chi connectivity index (χ1n) is 9.02. The summed E-state index contributed by atoms with van der Waals surface area (Å²) in [6, 6.07) is 18.0. The van der Waals surface area contributed by atoms with E-state index in [1.807, 2.05) is 36.4 Å². The van der Waals surface area contributed by atoms with Gasteiger partial charge in [-0.1, -0.05) is 50.2 Å². The zero-order chi connectivity index (χ0) is 18.8. The van der Waals surface area contributed by atoms with Crippen LogP contribution in [0.4, 0.5) is 0 Å². The lowest BCUT2D eigenvalue weighted by atomic mass is 9.92. The van der Waals surface area contributed by atoms with Crippen molar-refractivity contribution in [3.63, 3.8) is 0 Å². The van der Waals surface area contributed by atoms with E-state index in [9.17, 15) is 9.59 Å². The summed E-state index contributed by atoms with van der Waals surface area (Å²) in [4.78, 5) is 23.8. The largest absolute Gasteiger partial charge is 0.462 e. The first kappa shape index (κ1) is 19.7. The van der Waals surface area contributed by atoms with Gasteiger partial charge in [0.25, 0.3) is 0 Å². The van der Waals surface area contributed by atoms with Gasteiger partial charge in [-0.05, 0) is 48.9 Å². The minimum Gasteiger partial charge on any atom is -0.462 e. The Morgan fingerprint density at radius 1 is 0.769 bits per heavy atom. The molecule has 2 rings (SSSR count). The molecular formula is C22H26O4. The van der Waals surface area contributed by atoms with Crippen LogP contribution in [-0.4, -0.2) is 25.2 Å². The van der Waals surface area contributed by atoms with Gasteiger partial charge in [-0.25, -0.2) is 9.59 Å². The Bertz CT molecular complexity index is 682. The maximum atomic E-state index is 12.0. The molecule has 0 saturated carbocycles. The van der Waals surface area contributed by atoms with Crippen LogP contribution >= 0.6 is 0 Å². The van der Waals surface area contributed by atoms with Gasteiger partial charge in [-0.3, -0.25) is 0 Å². The third kappa shape index (κ3) is 6.36. The molecule has 0 radical (unpaired) electrons. The zero-order valence-corrected chi connectivity index (χ0v) is 15.4. The van der Waals surface area contributed by atoms with Crippen LogP contribution in [0.25, 0.3) is 0 Å². The summed E-state index contributed by atoms with van der Waals surface area (Å²) in [7, 11) is 0. The summed E-state index contributed by atoms with van der Waals surface area (Å²) < 4.78 is 10.7. The van der Waals surface area contributed by atoms with Crippen LogP contribution in [0.2, 0.25) is 0 Å². The van der Waals surface area contributed by atoms with Gasteiger partial charge in [0.15, 0.2) is 0 Å². The molecule has 0 N–H and O–H groups in total. The fraction of sp³-hybridized carbons (Fsp3) is 0.364. The van der Waals surface area contributed by atoms with Crippen LogP contribution in [0, 0.1) is 11.8 Å². The molecule has 0 spiro atoms. The predicted molar refractivity (Wildman–Crippen MR) is 101 cm³/mol. The summed E-state index contributed by atoms with van der Waals surface area (Å²) in [5.74, 6) is 0.0334. The Morgan fingerprint density at radius 3 is 1.81 bits per heavy atom. The Kier molecular flexibility index (Phi) is 7.87. The predicted octanol–water partition coefficient (Wildman–Crippen LogP) is 4.75. The van der Waals surface area contributed by atoms with Gasteiger partial charge >= 0.3 is 11.9 Å². The number of ether oxygens (including phenoxy) is 2. The molecule has 0 aliphatic rings. The third-order valence-corrected chi connectivity index (χ3v) is 4.50. The number of hydrogen-bond acceptors (Lipinski definition) is 4. The van der Waals surface area contributed by atoms with E-state index in [1.165, 1.54) is 0 Å². The van der Waals surface area contributed by atoms with Crippen molar-refractivity contribution in [2.24, 2.45) is 11.8 Å². The van der Waals surface area contributed by atoms with Gasteiger partial charge < -0.3 is 9.47 Å². The van der Waals surface area contributed by atoms with E-state index in [0.29, 0.717) is 30.3 Å². The molecule has 0 saturated heterocycles. The lowest BCUT2D eigenvalue weighted by Crippen LogP contribution is -2.18. The van der Waals surface area contributed by atoms with Crippen LogP contribution in [-0.2, 0) is 9.47 Å². The van der Waals surface area contributed by atoms with Gasteiger partial charge in [0.1, 0.15) is 0 Å². The smallest absolute Gasteiger partial charge is 0.338 e. The molecule has 4 heteroatoms. The quantitative estimate of drug-likeness (QED) is 0.481. The molecule has 138 valence electrons. The lowest BCUT2D eigenvalue weighted by molar-refractivity contribution is 0.0390. The SMILES string of the molecule is CC(CCCOC(=O)c1ccccc1)C(C)COC(=O)c1ccccc1. The molecule has 26 heavy (non-hydrogen) atoms. The summed E-state index contributed by atoms with van der Waals surface area (Å²) in [5.41, 5.74) is 1.14. The topological polar surface area (TPSA) is 52.6 Å². The minimum atomic E-state index is -0.290. The fourth-order valence-electron chi connectivity index (χ4n) is 2.54. The summed E-state index contributed by atoms with van der Waals surface area (Å²) in [6.45, 7) is 4.98. The van der Waals surface area contributed by atoms with Crippen LogP contribution in [0.1, 0.15) is 47.4 Å². The van der Waals surface area contributed by atoms with Crippen molar-refractivity contribution in [3.8, 4) is 0 Å². The Labute approximate surface area is 155 Å². The highest BCUT2D eigenvalue weighted by molar-refractivity contribution is 5.89. The Balaban J connectivity index is 1.63. The monoisotopic (exact) mass is 354 g/mol. The lowest BCUT2D eigenvalue weighted by Gasteiger charge is -2.19. The first-order valence-corrected chi connectivity index (χ1v) is 9.02. The van der Waals surface area contributed by atoms with Gasteiger partial charge in [0, 0.05) is 0 Å². The molecule has 0 amide bonds. The number of rotatable bonds is 9. The number of hydrogen-bond donors (Lipinski definition) is 0. The molecule has 0 aromatic heterocycles. The second-order valence-corrected chi connectivity index (χ2v) is 6.56. The molecule has 2 unspecified atom stereocenters. The molecule has 4 nitrogen and oxygen atoms in total. The van der Waals surface area contributed by atoms with E-state index in [2.05, 4.69) is 13.8 Å². The Hall–Kier alpha value is -2.62. The van der Waals surface area contributed by atoms with Crippen molar-refractivity contribution in [1.82, 2.24) is 0 Å². The standard InChI is InChI=1S/C22H26O4/c1-17(10-9-15-25-21(23)19-11-5-3-6-12-19)18(2)16-26-22(24)20-13-7-4-8-14-20/h3-8,11-14,17-18H,9-10,15-16H2,1-2H3. The molecule has 0 aliphatic heterocycles. The average molecular weight is 354 g/mol. The van der Waals surface area contributed by atoms with Crippen LogP contribution < -0.4 is 0 Å². The van der Waals surface area contributed by atoms with E-state index in [4.69, 9.17) is 9.47 Å². The summed E-state index contributed by atoms with van der Waals surface area (Å²) in [6.07, 6.45) is 1.70. The number of carbonyl (C=O) groups excluding carboxylic acids is 2. The molecule has 0 aliphatic carbocycles. The van der Waals surface area contributed by atoms with Crippen molar-refractivity contribution in [3.05, 3.63) is 71.8 Å². The fourth-order valence-corrected chi connectivity index (χ4v) is 2.54. The molecule has 0 heterocycles. The summed E-state index contributed by atoms with van der Waals surface area (Å²) >= 11 is 0. The summed E-state index contributed by atoms with van der Waals surface area (Å²) in [5, 5.41) is 0. The van der Waals surface area contributed by atoms with E-state index in [-0.39, 0.29) is 17.9 Å². The van der Waals surface area contributed by atoms with E-state index >= 15 is 0 Å². The second kappa shape index (κ2) is 10.4. The number of carbonyl (C=O) groups is 2. The molecule has 0 bridgehead atoms. The highest BCUT2D eigenvalue weighted by atomic mass is 16.5. The van der Waals surface area contributed by atoms with Crippen LogP contribution in [0.5, 0.6) is 0 Å². The highest BCUT2D eigenvalue weighted by Gasteiger charge is 2.16. The van der Waals surface area contributed by atoms with E-state index < -0.39 is 0 Å². The maximum absolute atomic E-state index is 12.0. The van der Waals surface area contributed by atoms with Gasteiger partial charge in [-0.15, -0.1) is 0 Å².